The third kappa shape index (κ3) is 9.07. The van der Waals surface area contributed by atoms with Crippen molar-refractivity contribution in [2.45, 2.75) is 64.2 Å². The van der Waals surface area contributed by atoms with Crippen molar-refractivity contribution >= 4 is 24.0 Å². The van der Waals surface area contributed by atoms with Crippen LogP contribution in [0.3, 0.4) is 0 Å². The summed E-state index contributed by atoms with van der Waals surface area (Å²) in [5, 5.41) is 11.3. The van der Waals surface area contributed by atoms with Crippen molar-refractivity contribution in [3.05, 3.63) is 89.5 Å². The molecule has 232 valence electrons. The summed E-state index contributed by atoms with van der Waals surface area (Å²) in [5.41, 5.74) is 4.25. The highest BCUT2D eigenvalue weighted by Gasteiger charge is 2.30. The monoisotopic (exact) mass is 603 g/mol. The molecule has 1 amide bonds. The summed E-state index contributed by atoms with van der Waals surface area (Å²) >= 11 is 0. The molecule has 0 saturated carbocycles. The van der Waals surface area contributed by atoms with Crippen LogP contribution in [0.4, 0.5) is 4.79 Å². The van der Waals surface area contributed by atoms with E-state index in [0.29, 0.717) is 11.3 Å². The second kappa shape index (κ2) is 14.5. The van der Waals surface area contributed by atoms with E-state index in [2.05, 4.69) is 5.32 Å². The van der Waals surface area contributed by atoms with Crippen molar-refractivity contribution < 1.29 is 43.2 Å². The van der Waals surface area contributed by atoms with Gasteiger partial charge in [-0.3, -0.25) is 9.59 Å². The van der Waals surface area contributed by atoms with Crippen LogP contribution in [0.2, 0.25) is 0 Å². The lowest BCUT2D eigenvalue weighted by molar-refractivity contribution is -0.155. The number of nitrogens with one attached hydrogen (secondary N) is 1. The number of carbonyl (C=O) groups is 4. The summed E-state index contributed by atoms with van der Waals surface area (Å²) in [5.74, 6) is -1.88. The molecule has 0 aromatic heterocycles. The van der Waals surface area contributed by atoms with Crippen LogP contribution >= 0.6 is 0 Å². The number of fused-ring (bicyclic) bond motifs is 3. The van der Waals surface area contributed by atoms with Gasteiger partial charge in [0.15, 0.2) is 0 Å². The Morgan fingerprint density at radius 3 is 2.05 bits per heavy atom. The molecule has 2 N–H and O–H groups in total. The molecule has 0 bridgehead atoms. The molecule has 10 nitrogen and oxygen atoms in total. The minimum atomic E-state index is -1.16. The lowest BCUT2D eigenvalue weighted by Gasteiger charge is -2.21. The fraction of sp³-hybridized carbons (Fsp3) is 0.353. The van der Waals surface area contributed by atoms with Crippen LogP contribution < -0.4 is 10.1 Å². The van der Waals surface area contributed by atoms with E-state index >= 15 is 0 Å². The first-order valence-corrected chi connectivity index (χ1v) is 14.4. The molecule has 10 heteroatoms. The molecule has 0 saturated heterocycles. The Morgan fingerprint density at radius 2 is 1.45 bits per heavy atom. The van der Waals surface area contributed by atoms with Gasteiger partial charge in [0.1, 0.15) is 30.6 Å². The number of amides is 1. The highest BCUT2D eigenvalue weighted by molar-refractivity contribution is 5.83. The van der Waals surface area contributed by atoms with Crippen molar-refractivity contribution in [1.29, 1.82) is 0 Å². The smallest absolute Gasteiger partial charge is 0.407 e. The average Bonchev–Trinajstić information content (AvgIpc) is 3.30. The topological polar surface area (TPSA) is 137 Å². The Morgan fingerprint density at radius 1 is 0.841 bits per heavy atom. The lowest BCUT2D eigenvalue weighted by Crippen LogP contribution is -2.43. The zero-order chi connectivity index (χ0) is 31.7. The third-order valence-electron chi connectivity index (χ3n) is 6.87. The van der Waals surface area contributed by atoms with Crippen LogP contribution in [0.5, 0.6) is 5.75 Å². The second-order valence-electron chi connectivity index (χ2n) is 11.4. The zero-order valence-electron chi connectivity index (χ0n) is 25.0. The maximum atomic E-state index is 13.1. The van der Waals surface area contributed by atoms with Gasteiger partial charge in [-0.15, -0.1) is 0 Å². The van der Waals surface area contributed by atoms with Gasteiger partial charge in [0.2, 0.25) is 0 Å². The van der Waals surface area contributed by atoms with Gasteiger partial charge in [0.05, 0.1) is 13.0 Å². The molecule has 0 aliphatic heterocycles. The molecule has 44 heavy (non-hydrogen) atoms. The molecule has 3 aromatic rings. The molecule has 0 heterocycles. The van der Waals surface area contributed by atoms with Gasteiger partial charge in [-0.05, 0) is 67.1 Å². The number of ether oxygens (including phenoxy) is 4. The van der Waals surface area contributed by atoms with Crippen molar-refractivity contribution in [3.8, 4) is 16.9 Å². The lowest BCUT2D eigenvalue weighted by atomic mass is 9.98. The Balaban J connectivity index is 1.36. The maximum Gasteiger partial charge on any atom is 0.407 e. The molecule has 1 aliphatic carbocycles. The van der Waals surface area contributed by atoms with E-state index in [1.165, 1.54) is 0 Å². The molecular formula is C34H37NO9. The van der Waals surface area contributed by atoms with Crippen LogP contribution in [-0.2, 0) is 35.2 Å². The number of carboxylic acid groups (broad SMARTS) is 1. The van der Waals surface area contributed by atoms with Crippen LogP contribution in [0.15, 0.2) is 72.8 Å². The number of benzene rings is 3. The average molecular weight is 604 g/mol. The van der Waals surface area contributed by atoms with Gasteiger partial charge in [0.25, 0.3) is 0 Å². The number of esters is 2. The van der Waals surface area contributed by atoms with E-state index in [1.807, 2.05) is 48.5 Å². The first kappa shape index (κ1) is 32.1. The van der Waals surface area contributed by atoms with Gasteiger partial charge >= 0.3 is 24.0 Å². The number of carbonyl (C=O) groups excluding carboxylic acids is 3. The molecule has 0 spiro atoms. The quantitative estimate of drug-likeness (QED) is 0.189. The van der Waals surface area contributed by atoms with E-state index in [9.17, 15) is 19.2 Å². The fourth-order valence-electron chi connectivity index (χ4n) is 4.88. The first-order valence-electron chi connectivity index (χ1n) is 14.4. The van der Waals surface area contributed by atoms with Crippen LogP contribution in [0, 0.1) is 0 Å². The molecule has 0 radical (unpaired) electrons. The predicted octanol–water partition coefficient (Wildman–Crippen LogP) is 5.61. The number of alkyl carbamates (subject to hydrolysis) is 1. The zero-order valence-corrected chi connectivity index (χ0v) is 25.0. The molecule has 1 atom stereocenters. The Labute approximate surface area is 256 Å². The van der Waals surface area contributed by atoms with Crippen molar-refractivity contribution in [1.82, 2.24) is 5.32 Å². The molecule has 4 rings (SSSR count). The SMILES string of the molecule is CC(C)(C)OC(=O)CCC(NC(=O)OCC1c2ccccc2-c2ccccc21)C(=O)OCc1ccc(OCCC(=O)O)cc1. The van der Waals surface area contributed by atoms with Crippen molar-refractivity contribution in [3.63, 3.8) is 0 Å². The minimum absolute atomic E-state index is 0.0323. The summed E-state index contributed by atoms with van der Waals surface area (Å²) in [6.07, 6.45) is -1.10. The van der Waals surface area contributed by atoms with E-state index in [1.54, 1.807) is 45.0 Å². The van der Waals surface area contributed by atoms with E-state index in [0.717, 1.165) is 22.3 Å². The first-order chi connectivity index (χ1) is 21.0. The second-order valence-corrected chi connectivity index (χ2v) is 11.4. The normalized spacial score (nSPS) is 12.8. The number of hydrogen-bond acceptors (Lipinski definition) is 8. The fourth-order valence-corrected chi connectivity index (χ4v) is 4.88. The van der Waals surface area contributed by atoms with Crippen LogP contribution in [-0.4, -0.2) is 54.0 Å². The molecule has 1 unspecified atom stereocenters. The Bertz CT molecular complexity index is 1430. The van der Waals surface area contributed by atoms with Gasteiger partial charge in [-0.2, -0.15) is 0 Å². The molecule has 0 fully saturated rings. The van der Waals surface area contributed by atoms with Gasteiger partial charge in [-0.1, -0.05) is 60.7 Å². The molecule has 1 aliphatic rings. The standard InChI is InChI=1S/C34H37NO9/c1-34(2,3)44-31(38)17-16-29(32(39)42-20-22-12-14-23(15-13-22)41-19-18-30(36)37)35-33(40)43-21-28-26-10-6-4-8-24(26)25-9-5-7-11-27(25)28/h4-15,28-29H,16-21H2,1-3H3,(H,35,40)(H,36,37). The third-order valence-corrected chi connectivity index (χ3v) is 6.87. The summed E-state index contributed by atoms with van der Waals surface area (Å²) in [6.45, 7) is 5.23. The summed E-state index contributed by atoms with van der Waals surface area (Å²) in [4.78, 5) is 49.1. The molecular weight excluding hydrogens is 566 g/mol. The summed E-state index contributed by atoms with van der Waals surface area (Å²) in [7, 11) is 0. The van der Waals surface area contributed by atoms with Crippen molar-refractivity contribution in [2.75, 3.05) is 13.2 Å². The number of aliphatic carboxylic acids is 1. The highest BCUT2D eigenvalue weighted by atomic mass is 16.6. The number of carboxylic acids is 1. The Kier molecular flexibility index (Phi) is 10.6. The number of rotatable bonds is 13. The molecule has 3 aromatic carbocycles. The number of hydrogen-bond donors (Lipinski definition) is 2. The summed E-state index contributed by atoms with van der Waals surface area (Å²) in [6, 6.07) is 21.4. The van der Waals surface area contributed by atoms with E-state index in [4.69, 9.17) is 24.1 Å². The van der Waals surface area contributed by atoms with Crippen LogP contribution in [0.25, 0.3) is 11.1 Å². The Hall–Kier alpha value is -4.86. The van der Waals surface area contributed by atoms with E-state index in [-0.39, 0.29) is 45.0 Å². The largest absolute Gasteiger partial charge is 0.493 e. The predicted molar refractivity (Wildman–Crippen MR) is 161 cm³/mol. The minimum Gasteiger partial charge on any atom is -0.493 e. The van der Waals surface area contributed by atoms with Gasteiger partial charge < -0.3 is 29.4 Å². The maximum absolute atomic E-state index is 13.1. The highest BCUT2D eigenvalue weighted by Crippen LogP contribution is 2.44. The van der Waals surface area contributed by atoms with Crippen molar-refractivity contribution in [2.24, 2.45) is 0 Å². The summed E-state index contributed by atoms with van der Waals surface area (Å²) < 4.78 is 21.8. The van der Waals surface area contributed by atoms with Crippen LogP contribution in [0.1, 0.15) is 62.6 Å². The van der Waals surface area contributed by atoms with Gasteiger partial charge in [-0.25, -0.2) is 9.59 Å². The van der Waals surface area contributed by atoms with Gasteiger partial charge in [0, 0.05) is 12.3 Å². The van der Waals surface area contributed by atoms with E-state index < -0.39 is 35.6 Å².